The third kappa shape index (κ3) is 10.6. The third-order valence-corrected chi connectivity index (χ3v) is 1.35. The standard InChI is InChI=1S/C10H14O3/c1-9(11)7-5-3-2-4-6-8-10(12)13/h5-8H,2-4H2,1H3,(H,12,13)/b7-5+,8-6+. The summed E-state index contributed by atoms with van der Waals surface area (Å²) in [5, 5.41) is 8.24. The molecule has 0 atom stereocenters. The topological polar surface area (TPSA) is 54.4 Å². The van der Waals surface area contributed by atoms with Gasteiger partial charge in [-0.15, -0.1) is 0 Å². The number of allylic oxidation sites excluding steroid dienone is 3. The largest absolute Gasteiger partial charge is 0.478 e. The molecular weight excluding hydrogens is 168 g/mol. The normalized spacial score (nSPS) is 11.2. The van der Waals surface area contributed by atoms with E-state index in [2.05, 4.69) is 0 Å². The maximum Gasteiger partial charge on any atom is 0.327 e. The van der Waals surface area contributed by atoms with Crippen LogP contribution in [0, 0.1) is 0 Å². The van der Waals surface area contributed by atoms with Crippen molar-refractivity contribution in [1.82, 2.24) is 0 Å². The van der Waals surface area contributed by atoms with Gasteiger partial charge >= 0.3 is 5.97 Å². The molecule has 72 valence electrons. The van der Waals surface area contributed by atoms with E-state index in [9.17, 15) is 9.59 Å². The summed E-state index contributed by atoms with van der Waals surface area (Å²) >= 11 is 0. The Balaban J connectivity index is 3.36. The number of carbonyl (C=O) groups is 2. The molecule has 0 radical (unpaired) electrons. The number of rotatable bonds is 6. The fourth-order valence-corrected chi connectivity index (χ4v) is 0.787. The Labute approximate surface area is 77.8 Å². The lowest BCUT2D eigenvalue weighted by molar-refractivity contribution is -0.131. The number of aliphatic carboxylic acids is 1. The average Bonchev–Trinajstić information content (AvgIpc) is 2.01. The smallest absolute Gasteiger partial charge is 0.327 e. The van der Waals surface area contributed by atoms with Gasteiger partial charge in [-0.05, 0) is 32.3 Å². The Morgan fingerprint density at radius 1 is 1.15 bits per heavy atom. The van der Waals surface area contributed by atoms with Crippen LogP contribution in [0.4, 0.5) is 0 Å². The summed E-state index contributed by atoms with van der Waals surface area (Å²) in [4.78, 5) is 20.5. The van der Waals surface area contributed by atoms with Crippen LogP contribution in [0.1, 0.15) is 26.2 Å². The maximum absolute atomic E-state index is 10.4. The molecule has 3 nitrogen and oxygen atoms in total. The van der Waals surface area contributed by atoms with Crippen molar-refractivity contribution in [3.05, 3.63) is 24.3 Å². The molecule has 1 N–H and O–H groups in total. The van der Waals surface area contributed by atoms with Crippen molar-refractivity contribution < 1.29 is 14.7 Å². The van der Waals surface area contributed by atoms with Gasteiger partial charge < -0.3 is 5.11 Å². The molecule has 0 aromatic carbocycles. The van der Waals surface area contributed by atoms with E-state index in [1.807, 2.05) is 0 Å². The number of unbranched alkanes of at least 4 members (excludes halogenated alkanes) is 2. The number of hydrogen-bond donors (Lipinski definition) is 1. The highest BCUT2D eigenvalue weighted by atomic mass is 16.4. The molecular formula is C10H14O3. The van der Waals surface area contributed by atoms with Gasteiger partial charge in [0.1, 0.15) is 0 Å². The maximum atomic E-state index is 10.4. The summed E-state index contributed by atoms with van der Waals surface area (Å²) in [7, 11) is 0. The highest BCUT2D eigenvalue weighted by molar-refractivity contribution is 5.87. The van der Waals surface area contributed by atoms with Crippen LogP contribution in [-0.4, -0.2) is 16.9 Å². The Kier molecular flexibility index (Phi) is 6.51. The summed E-state index contributed by atoms with van der Waals surface area (Å²) in [6.07, 6.45) is 8.49. The minimum atomic E-state index is -0.917. The van der Waals surface area contributed by atoms with Crippen molar-refractivity contribution in [2.24, 2.45) is 0 Å². The van der Waals surface area contributed by atoms with Crippen molar-refractivity contribution in [3.8, 4) is 0 Å². The first-order valence-electron chi connectivity index (χ1n) is 4.19. The molecule has 0 unspecified atom stereocenters. The van der Waals surface area contributed by atoms with Crippen LogP contribution in [0.15, 0.2) is 24.3 Å². The van der Waals surface area contributed by atoms with E-state index in [0.717, 1.165) is 25.3 Å². The molecule has 0 saturated carbocycles. The molecule has 0 fully saturated rings. The second-order valence-electron chi connectivity index (χ2n) is 2.68. The van der Waals surface area contributed by atoms with Gasteiger partial charge in [0.05, 0.1) is 0 Å². The lowest BCUT2D eigenvalue weighted by atomic mass is 10.2. The van der Waals surface area contributed by atoms with Gasteiger partial charge in [-0.2, -0.15) is 0 Å². The quantitative estimate of drug-likeness (QED) is 0.504. The number of carbonyl (C=O) groups excluding carboxylic acids is 1. The average molecular weight is 182 g/mol. The van der Waals surface area contributed by atoms with Gasteiger partial charge in [0.2, 0.25) is 0 Å². The van der Waals surface area contributed by atoms with Crippen LogP contribution in [0.5, 0.6) is 0 Å². The monoisotopic (exact) mass is 182 g/mol. The van der Waals surface area contributed by atoms with Crippen LogP contribution >= 0.6 is 0 Å². The molecule has 0 spiro atoms. The van der Waals surface area contributed by atoms with Crippen LogP contribution < -0.4 is 0 Å². The van der Waals surface area contributed by atoms with E-state index in [-0.39, 0.29) is 5.78 Å². The molecule has 0 amide bonds. The number of hydrogen-bond acceptors (Lipinski definition) is 2. The van der Waals surface area contributed by atoms with E-state index in [0.29, 0.717) is 0 Å². The molecule has 0 saturated heterocycles. The fourth-order valence-electron chi connectivity index (χ4n) is 0.787. The molecule has 0 rings (SSSR count). The van der Waals surface area contributed by atoms with Crippen molar-refractivity contribution >= 4 is 11.8 Å². The molecule has 0 aromatic rings. The van der Waals surface area contributed by atoms with Crippen molar-refractivity contribution in [1.29, 1.82) is 0 Å². The Bertz CT molecular complexity index is 202. The van der Waals surface area contributed by atoms with E-state index in [1.54, 1.807) is 12.2 Å². The zero-order valence-electron chi connectivity index (χ0n) is 7.69. The van der Waals surface area contributed by atoms with Crippen LogP contribution in [0.3, 0.4) is 0 Å². The first-order valence-corrected chi connectivity index (χ1v) is 4.19. The van der Waals surface area contributed by atoms with Crippen molar-refractivity contribution in [3.63, 3.8) is 0 Å². The van der Waals surface area contributed by atoms with E-state index < -0.39 is 5.97 Å². The highest BCUT2D eigenvalue weighted by Crippen LogP contribution is 1.97. The van der Waals surface area contributed by atoms with Gasteiger partial charge in [0.25, 0.3) is 0 Å². The van der Waals surface area contributed by atoms with E-state index >= 15 is 0 Å². The van der Waals surface area contributed by atoms with Gasteiger partial charge in [0.15, 0.2) is 5.78 Å². The van der Waals surface area contributed by atoms with E-state index in [1.165, 1.54) is 13.0 Å². The van der Waals surface area contributed by atoms with E-state index in [4.69, 9.17) is 5.11 Å². The highest BCUT2D eigenvalue weighted by Gasteiger charge is 1.85. The minimum absolute atomic E-state index is 0.0427. The Hall–Kier alpha value is -1.38. The summed E-state index contributed by atoms with van der Waals surface area (Å²) in [5.41, 5.74) is 0. The fraction of sp³-hybridized carbons (Fsp3) is 0.400. The molecule has 0 aliphatic carbocycles. The van der Waals surface area contributed by atoms with Crippen LogP contribution in [-0.2, 0) is 9.59 Å². The minimum Gasteiger partial charge on any atom is -0.478 e. The zero-order chi connectivity index (χ0) is 10.1. The third-order valence-electron chi connectivity index (χ3n) is 1.35. The Morgan fingerprint density at radius 2 is 1.69 bits per heavy atom. The second kappa shape index (κ2) is 7.28. The zero-order valence-corrected chi connectivity index (χ0v) is 7.69. The van der Waals surface area contributed by atoms with Crippen molar-refractivity contribution in [2.75, 3.05) is 0 Å². The van der Waals surface area contributed by atoms with Gasteiger partial charge in [-0.3, -0.25) is 4.79 Å². The van der Waals surface area contributed by atoms with Gasteiger partial charge in [0, 0.05) is 6.08 Å². The number of carboxylic acid groups (broad SMARTS) is 1. The van der Waals surface area contributed by atoms with Crippen LogP contribution in [0.25, 0.3) is 0 Å². The molecule has 0 aliphatic rings. The molecule has 0 aromatic heterocycles. The SMILES string of the molecule is CC(=O)/C=C/CCC/C=C/C(=O)O. The van der Waals surface area contributed by atoms with Crippen molar-refractivity contribution in [2.45, 2.75) is 26.2 Å². The summed E-state index contributed by atoms with van der Waals surface area (Å²) < 4.78 is 0. The first kappa shape index (κ1) is 11.6. The number of ketones is 1. The van der Waals surface area contributed by atoms with Gasteiger partial charge in [-0.25, -0.2) is 4.79 Å². The molecule has 0 heterocycles. The molecule has 3 heteroatoms. The second-order valence-corrected chi connectivity index (χ2v) is 2.68. The molecule has 13 heavy (non-hydrogen) atoms. The van der Waals surface area contributed by atoms with Gasteiger partial charge in [-0.1, -0.05) is 12.2 Å². The summed E-state index contributed by atoms with van der Waals surface area (Å²) in [6.45, 7) is 1.50. The predicted molar refractivity (Wildman–Crippen MR) is 50.4 cm³/mol. The van der Waals surface area contributed by atoms with Crippen LogP contribution in [0.2, 0.25) is 0 Å². The lowest BCUT2D eigenvalue weighted by Gasteiger charge is -1.88. The first-order chi connectivity index (χ1) is 6.13. The summed E-state index contributed by atoms with van der Waals surface area (Å²) in [5.74, 6) is -0.875. The molecule has 0 aliphatic heterocycles. The predicted octanol–water partition coefficient (Wildman–Crippen LogP) is 1.94. The lowest BCUT2D eigenvalue weighted by Crippen LogP contribution is -1.85. The number of carboxylic acids is 1. The molecule has 0 bridgehead atoms. The summed E-state index contributed by atoms with van der Waals surface area (Å²) in [6, 6.07) is 0. The Morgan fingerprint density at radius 3 is 2.15 bits per heavy atom.